The minimum absolute atomic E-state index is 0.0445. The van der Waals surface area contributed by atoms with Gasteiger partial charge in [0.15, 0.2) is 0 Å². The lowest BCUT2D eigenvalue weighted by molar-refractivity contribution is -0.139. The second-order valence-electron chi connectivity index (χ2n) is 3.43. The fourth-order valence-electron chi connectivity index (χ4n) is 1.21. The molecular formula is C13H14N2O4. The maximum absolute atomic E-state index is 11.8. The molecule has 2 N–H and O–H groups in total. The van der Waals surface area contributed by atoms with Crippen LogP contribution in [0.1, 0.15) is 22.5 Å². The summed E-state index contributed by atoms with van der Waals surface area (Å²) in [6.07, 6.45) is 1.78. The van der Waals surface area contributed by atoms with Gasteiger partial charge in [0.1, 0.15) is 12.2 Å². The molecule has 0 spiro atoms. The maximum Gasteiger partial charge on any atom is 0.325 e. The Hall–Kier alpha value is -2.39. The molecule has 0 bridgehead atoms. The molecule has 19 heavy (non-hydrogen) atoms. The lowest BCUT2D eigenvalue weighted by Crippen LogP contribution is -2.31. The summed E-state index contributed by atoms with van der Waals surface area (Å²) < 4.78 is 4.42. The van der Waals surface area contributed by atoms with Crippen molar-refractivity contribution in [3.05, 3.63) is 29.6 Å². The van der Waals surface area contributed by atoms with E-state index in [4.69, 9.17) is 5.11 Å². The number of rotatable bonds is 4. The predicted molar refractivity (Wildman–Crippen MR) is 67.2 cm³/mol. The number of nitrogens with zero attached hydrogens (tertiary/aromatic N) is 1. The van der Waals surface area contributed by atoms with E-state index in [1.54, 1.807) is 12.1 Å². The van der Waals surface area contributed by atoms with E-state index in [1.807, 2.05) is 0 Å². The molecule has 6 heteroatoms. The summed E-state index contributed by atoms with van der Waals surface area (Å²) in [5.74, 6) is 4.41. The smallest absolute Gasteiger partial charge is 0.325 e. The molecule has 0 aliphatic heterocycles. The first-order valence-electron chi connectivity index (χ1n) is 5.58. The molecule has 1 aromatic rings. The number of amides is 1. The number of aliphatic hydroxyl groups excluding tert-OH is 1. The first-order valence-corrected chi connectivity index (χ1v) is 5.58. The average molecular weight is 262 g/mol. The molecule has 0 aliphatic carbocycles. The summed E-state index contributed by atoms with van der Waals surface area (Å²) >= 11 is 0. The van der Waals surface area contributed by atoms with Crippen molar-refractivity contribution in [1.82, 2.24) is 10.3 Å². The molecule has 1 rings (SSSR count). The fraction of sp³-hybridized carbons (Fsp3) is 0.308. The zero-order valence-electron chi connectivity index (χ0n) is 10.5. The normalized spacial score (nSPS) is 9.16. The first-order chi connectivity index (χ1) is 9.19. The van der Waals surface area contributed by atoms with Crippen molar-refractivity contribution in [3.63, 3.8) is 0 Å². The summed E-state index contributed by atoms with van der Waals surface area (Å²) in [7, 11) is 1.24. The molecule has 0 fully saturated rings. The van der Waals surface area contributed by atoms with Crippen molar-refractivity contribution >= 4 is 11.9 Å². The van der Waals surface area contributed by atoms with E-state index >= 15 is 0 Å². The molecule has 1 heterocycles. The summed E-state index contributed by atoms with van der Waals surface area (Å²) in [6, 6.07) is 3.30. The molecule has 0 saturated heterocycles. The summed E-state index contributed by atoms with van der Waals surface area (Å²) in [5.41, 5.74) is 0.579. The van der Waals surface area contributed by atoms with Gasteiger partial charge in [0.2, 0.25) is 0 Å². The largest absolute Gasteiger partial charge is 0.468 e. The van der Waals surface area contributed by atoms with Crippen LogP contribution in [0.25, 0.3) is 0 Å². The highest BCUT2D eigenvalue weighted by molar-refractivity contribution is 5.96. The van der Waals surface area contributed by atoms with Crippen LogP contribution < -0.4 is 5.32 Å². The number of hydrogen-bond acceptors (Lipinski definition) is 5. The highest BCUT2D eigenvalue weighted by Crippen LogP contribution is 2.03. The molecule has 1 amide bonds. The summed E-state index contributed by atoms with van der Waals surface area (Å²) in [4.78, 5) is 26.7. The van der Waals surface area contributed by atoms with Crippen LogP contribution in [0.4, 0.5) is 0 Å². The van der Waals surface area contributed by atoms with Crippen molar-refractivity contribution in [2.45, 2.75) is 6.42 Å². The van der Waals surface area contributed by atoms with Gasteiger partial charge in [-0.2, -0.15) is 0 Å². The number of carbonyl (C=O) groups excluding carboxylic acids is 2. The first kappa shape index (κ1) is 14.7. The van der Waals surface area contributed by atoms with Crippen LogP contribution in [-0.4, -0.2) is 42.2 Å². The number of ether oxygens (including phenoxy) is 1. The Labute approximate surface area is 110 Å². The van der Waals surface area contributed by atoms with Crippen LogP contribution in [0.5, 0.6) is 0 Å². The standard InChI is InChI=1S/C13H14N2O4/c1-19-11(17)9-15-13(18)12-10(5-2-3-8-16)6-4-7-14-12/h4,6-7,16H,3,8-9H2,1H3,(H,15,18). The molecule has 0 radical (unpaired) electrons. The summed E-state index contributed by atoms with van der Waals surface area (Å²) in [6.45, 7) is -0.271. The molecule has 0 unspecified atom stereocenters. The fourth-order valence-corrected chi connectivity index (χ4v) is 1.21. The van der Waals surface area contributed by atoms with Crippen molar-refractivity contribution in [2.24, 2.45) is 0 Å². The minimum Gasteiger partial charge on any atom is -0.468 e. The van der Waals surface area contributed by atoms with E-state index < -0.39 is 11.9 Å². The van der Waals surface area contributed by atoms with Crippen LogP contribution in [0.2, 0.25) is 0 Å². The Balaban J connectivity index is 2.80. The van der Waals surface area contributed by atoms with E-state index in [1.165, 1.54) is 13.3 Å². The van der Waals surface area contributed by atoms with E-state index in [0.29, 0.717) is 12.0 Å². The van der Waals surface area contributed by atoms with Gasteiger partial charge in [-0.3, -0.25) is 9.59 Å². The number of hydrogen-bond donors (Lipinski definition) is 2. The van der Waals surface area contributed by atoms with Crippen LogP contribution in [0.15, 0.2) is 18.3 Å². The van der Waals surface area contributed by atoms with Gasteiger partial charge < -0.3 is 15.2 Å². The molecular weight excluding hydrogens is 248 g/mol. The number of pyridine rings is 1. The third kappa shape index (κ3) is 4.77. The lowest BCUT2D eigenvalue weighted by atomic mass is 10.2. The number of aliphatic hydroxyl groups is 1. The number of nitrogens with one attached hydrogen (secondary N) is 1. The number of carbonyl (C=O) groups is 2. The van der Waals surface area contributed by atoms with Crippen LogP contribution in [0.3, 0.4) is 0 Å². The number of aromatic nitrogens is 1. The zero-order chi connectivity index (χ0) is 14.1. The lowest BCUT2D eigenvalue weighted by Gasteiger charge is -2.04. The van der Waals surface area contributed by atoms with Crippen molar-refractivity contribution in [1.29, 1.82) is 0 Å². The molecule has 100 valence electrons. The Bertz CT molecular complexity index is 517. The SMILES string of the molecule is COC(=O)CNC(=O)c1ncccc1C#CCCO. The van der Waals surface area contributed by atoms with E-state index in [0.717, 1.165) is 0 Å². The maximum atomic E-state index is 11.8. The zero-order valence-corrected chi connectivity index (χ0v) is 10.5. The second-order valence-corrected chi connectivity index (χ2v) is 3.43. The molecule has 0 aliphatic rings. The van der Waals surface area contributed by atoms with Crippen LogP contribution >= 0.6 is 0 Å². The van der Waals surface area contributed by atoms with Crippen molar-refractivity contribution < 1.29 is 19.4 Å². The van der Waals surface area contributed by atoms with E-state index in [2.05, 4.69) is 26.9 Å². The molecule has 1 aromatic heterocycles. The highest BCUT2D eigenvalue weighted by atomic mass is 16.5. The number of esters is 1. The Morgan fingerprint density at radius 2 is 2.32 bits per heavy atom. The molecule has 0 atom stereocenters. The van der Waals surface area contributed by atoms with Gasteiger partial charge in [-0.05, 0) is 12.1 Å². The third-order valence-corrected chi connectivity index (χ3v) is 2.10. The number of methoxy groups -OCH3 is 1. The topological polar surface area (TPSA) is 88.5 Å². The highest BCUT2D eigenvalue weighted by Gasteiger charge is 2.12. The minimum atomic E-state index is -0.544. The van der Waals surface area contributed by atoms with Gasteiger partial charge in [-0.25, -0.2) is 4.98 Å². The monoisotopic (exact) mass is 262 g/mol. The van der Waals surface area contributed by atoms with Crippen molar-refractivity contribution in [3.8, 4) is 11.8 Å². The van der Waals surface area contributed by atoms with Gasteiger partial charge in [-0.1, -0.05) is 11.8 Å². The molecule has 6 nitrogen and oxygen atoms in total. The van der Waals surface area contributed by atoms with E-state index in [-0.39, 0.29) is 18.8 Å². The second kappa shape index (κ2) is 7.84. The quantitative estimate of drug-likeness (QED) is 0.575. The third-order valence-electron chi connectivity index (χ3n) is 2.10. The molecule has 0 aromatic carbocycles. The Morgan fingerprint density at radius 1 is 1.53 bits per heavy atom. The van der Waals surface area contributed by atoms with Crippen LogP contribution in [-0.2, 0) is 9.53 Å². The molecule has 0 saturated carbocycles. The Kier molecular flexibility index (Phi) is 6.06. The predicted octanol–water partition coefficient (Wildman–Crippen LogP) is -0.282. The van der Waals surface area contributed by atoms with E-state index in [9.17, 15) is 9.59 Å². The van der Waals surface area contributed by atoms with Crippen molar-refractivity contribution in [2.75, 3.05) is 20.3 Å². The van der Waals surface area contributed by atoms with Crippen LogP contribution in [0, 0.1) is 11.8 Å². The summed E-state index contributed by atoms with van der Waals surface area (Å²) in [5, 5.41) is 11.0. The Morgan fingerprint density at radius 3 is 3.00 bits per heavy atom. The van der Waals surface area contributed by atoms with Gasteiger partial charge in [0, 0.05) is 12.6 Å². The van der Waals surface area contributed by atoms with Gasteiger partial charge >= 0.3 is 5.97 Å². The van der Waals surface area contributed by atoms with Gasteiger partial charge in [0.25, 0.3) is 5.91 Å². The average Bonchev–Trinajstić information content (AvgIpc) is 2.45. The van der Waals surface area contributed by atoms with Gasteiger partial charge in [0.05, 0.1) is 19.3 Å². The van der Waals surface area contributed by atoms with Gasteiger partial charge in [-0.15, -0.1) is 0 Å².